The van der Waals surface area contributed by atoms with Gasteiger partial charge in [-0.3, -0.25) is 0 Å². The Bertz CT molecular complexity index is 380. The zero-order valence-electron chi connectivity index (χ0n) is 11.6. The first-order valence-corrected chi connectivity index (χ1v) is 8.18. The van der Waals surface area contributed by atoms with Gasteiger partial charge in [0.15, 0.2) is 0 Å². The summed E-state index contributed by atoms with van der Waals surface area (Å²) in [5.74, 6) is 2.42. The third-order valence-corrected chi connectivity index (χ3v) is 4.45. The van der Waals surface area contributed by atoms with E-state index in [4.69, 9.17) is 0 Å². The summed E-state index contributed by atoms with van der Waals surface area (Å²) in [6, 6.07) is 7.36. The molecule has 2 rings (SSSR count). The molecule has 0 aromatic heterocycles. The maximum Gasteiger partial charge on any atom is 0.126 e. The minimum Gasteiger partial charge on any atom is -0.313 e. The van der Waals surface area contributed by atoms with Crippen LogP contribution in [0.1, 0.15) is 12.5 Å². The number of hydrogen-bond acceptors (Lipinski definition) is 3. The second-order valence-corrected chi connectivity index (χ2v) is 6.33. The quantitative estimate of drug-likeness (QED) is 0.862. The van der Waals surface area contributed by atoms with E-state index in [-0.39, 0.29) is 5.82 Å². The highest BCUT2D eigenvalue weighted by atomic mass is 32.2. The van der Waals surface area contributed by atoms with Crippen molar-refractivity contribution in [2.45, 2.75) is 19.4 Å². The van der Waals surface area contributed by atoms with Gasteiger partial charge in [0.05, 0.1) is 0 Å². The average molecular weight is 282 g/mol. The molecular weight excluding hydrogens is 259 g/mol. The van der Waals surface area contributed by atoms with Crippen LogP contribution in [0.2, 0.25) is 0 Å². The summed E-state index contributed by atoms with van der Waals surface area (Å²) in [6.45, 7) is 6.61. The third-order valence-electron chi connectivity index (χ3n) is 3.51. The maximum atomic E-state index is 13.5. The molecule has 0 saturated carbocycles. The fraction of sp³-hybridized carbons (Fsp3) is 0.600. The lowest BCUT2D eigenvalue weighted by molar-refractivity contribution is 0.296. The standard InChI is InChI=1S/C15H23FN2S/c1-13(12-14-4-2-3-5-15(14)16)17-6-7-18-8-10-19-11-9-18/h2-5,13,17H,6-12H2,1H3. The molecule has 1 aromatic rings. The van der Waals surface area contributed by atoms with E-state index in [2.05, 4.69) is 17.1 Å². The van der Waals surface area contributed by atoms with Crippen molar-refractivity contribution in [1.29, 1.82) is 0 Å². The molecule has 4 heteroatoms. The highest BCUT2D eigenvalue weighted by Gasteiger charge is 2.11. The predicted molar refractivity (Wildman–Crippen MR) is 81.3 cm³/mol. The lowest BCUT2D eigenvalue weighted by atomic mass is 10.1. The number of benzene rings is 1. The van der Waals surface area contributed by atoms with Crippen molar-refractivity contribution >= 4 is 11.8 Å². The first-order valence-electron chi connectivity index (χ1n) is 7.02. The van der Waals surface area contributed by atoms with Gasteiger partial charge in [-0.1, -0.05) is 18.2 Å². The Labute approximate surface area is 119 Å². The monoisotopic (exact) mass is 282 g/mol. The largest absolute Gasteiger partial charge is 0.313 e. The molecule has 1 unspecified atom stereocenters. The van der Waals surface area contributed by atoms with Crippen molar-refractivity contribution < 1.29 is 4.39 Å². The molecule has 0 radical (unpaired) electrons. The smallest absolute Gasteiger partial charge is 0.126 e. The first-order chi connectivity index (χ1) is 9.25. The fourth-order valence-electron chi connectivity index (χ4n) is 2.36. The topological polar surface area (TPSA) is 15.3 Å². The van der Waals surface area contributed by atoms with E-state index in [1.54, 1.807) is 6.07 Å². The fourth-order valence-corrected chi connectivity index (χ4v) is 3.34. The summed E-state index contributed by atoms with van der Waals surface area (Å²) in [4.78, 5) is 2.50. The van der Waals surface area contributed by atoms with Crippen LogP contribution in [0.4, 0.5) is 4.39 Å². The molecule has 0 bridgehead atoms. The van der Waals surface area contributed by atoms with E-state index >= 15 is 0 Å². The summed E-state index contributed by atoms with van der Waals surface area (Å²) >= 11 is 2.04. The summed E-state index contributed by atoms with van der Waals surface area (Å²) in [5, 5.41) is 3.49. The van der Waals surface area contributed by atoms with Gasteiger partial charge in [-0.25, -0.2) is 4.39 Å². The van der Waals surface area contributed by atoms with Crippen LogP contribution in [0, 0.1) is 5.82 Å². The van der Waals surface area contributed by atoms with E-state index in [0.717, 1.165) is 25.1 Å². The van der Waals surface area contributed by atoms with E-state index in [1.807, 2.05) is 23.9 Å². The minimum atomic E-state index is -0.0933. The SMILES string of the molecule is CC(Cc1ccccc1F)NCCN1CCSCC1. The number of rotatable bonds is 6. The Balaban J connectivity index is 1.67. The van der Waals surface area contributed by atoms with Crippen LogP contribution >= 0.6 is 11.8 Å². The second kappa shape index (κ2) is 7.88. The van der Waals surface area contributed by atoms with Gasteiger partial charge in [0.2, 0.25) is 0 Å². The van der Waals surface area contributed by atoms with Crippen LogP contribution in [0.3, 0.4) is 0 Å². The molecule has 1 fully saturated rings. The molecular formula is C15H23FN2S. The molecule has 1 N–H and O–H groups in total. The Morgan fingerprint density at radius 1 is 1.32 bits per heavy atom. The molecule has 0 amide bonds. The number of nitrogens with zero attached hydrogens (tertiary/aromatic N) is 1. The van der Waals surface area contributed by atoms with E-state index in [9.17, 15) is 4.39 Å². The molecule has 1 aliphatic rings. The van der Waals surface area contributed by atoms with Crippen LogP contribution < -0.4 is 5.32 Å². The molecule has 1 saturated heterocycles. The maximum absolute atomic E-state index is 13.5. The van der Waals surface area contributed by atoms with Crippen LogP contribution in [-0.4, -0.2) is 48.6 Å². The Hall–Kier alpha value is -0.580. The molecule has 0 spiro atoms. The van der Waals surface area contributed by atoms with E-state index in [0.29, 0.717) is 6.04 Å². The Morgan fingerprint density at radius 3 is 2.79 bits per heavy atom. The molecule has 19 heavy (non-hydrogen) atoms. The van der Waals surface area contributed by atoms with Crippen LogP contribution in [-0.2, 0) is 6.42 Å². The van der Waals surface area contributed by atoms with Gasteiger partial charge in [-0.05, 0) is 25.0 Å². The van der Waals surface area contributed by atoms with Gasteiger partial charge in [-0.15, -0.1) is 0 Å². The highest BCUT2D eigenvalue weighted by molar-refractivity contribution is 7.99. The lowest BCUT2D eigenvalue weighted by Gasteiger charge is -2.26. The van der Waals surface area contributed by atoms with Gasteiger partial charge in [0, 0.05) is 43.7 Å². The lowest BCUT2D eigenvalue weighted by Crippen LogP contribution is -2.40. The summed E-state index contributed by atoms with van der Waals surface area (Å²) < 4.78 is 13.5. The van der Waals surface area contributed by atoms with Gasteiger partial charge >= 0.3 is 0 Å². The zero-order chi connectivity index (χ0) is 13.5. The number of hydrogen-bond donors (Lipinski definition) is 1. The number of thioether (sulfide) groups is 1. The summed E-state index contributed by atoms with van der Waals surface area (Å²) in [5.41, 5.74) is 0.803. The van der Waals surface area contributed by atoms with Crippen molar-refractivity contribution in [2.75, 3.05) is 37.7 Å². The highest BCUT2D eigenvalue weighted by Crippen LogP contribution is 2.10. The molecule has 1 aromatic carbocycles. The molecule has 0 aliphatic carbocycles. The molecule has 1 atom stereocenters. The van der Waals surface area contributed by atoms with E-state index < -0.39 is 0 Å². The Morgan fingerprint density at radius 2 is 2.05 bits per heavy atom. The third kappa shape index (κ3) is 5.13. The van der Waals surface area contributed by atoms with Crippen molar-refractivity contribution in [1.82, 2.24) is 10.2 Å². The molecule has 2 nitrogen and oxygen atoms in total. The minimum absolute atomic E-state index is 0.0933. The van der Waals surface area contributed by atoms with Gasteiger partial charge < -0.3 is 10.2 Å². The summed E-state index contributed by atoms with van der Waals surface area (Å²) in [6.07, 6.45) is 0.753. The first kappa shape index (κ1) is 14.8. The van der Waals surface area contributed by atoms with Crippen molar-refractivity contribution in [2.24, 2.45) is 0 Å². The van der Waals surface area contributed by atoms with Crippen LogP contribution in [0.25, 0.3) is 0 Å². The van der Waals surface area contributed by atoms with Gasteiger partial charge in [0.25, 0.3) is 0 Å². The normalized spacial score (nSPS) is 18.4. The van der Waals surface area contributed by atoms with E-state index in [1.165, 1.54) is 30.7 Å². The number of nitrogens with one attached hydrogen (secondary N) is 1. The van der Waals surface area contributed by atoms with Gasteiger partial charge in [0.1, 0.15) is 5.82 Å². The van der Waals surface area contributed by atoms with Crippen molar-refractivity contribution in [3.05, 3.63) is 35.6 Å². The van der Waals surface area contributed by atoms with Gasteiger partial charge in [-0.2, -0.15) is 11.8 Å². The Kier molecular flexibility index (Phi) is 6.14. The molecule has 1 heterocycles. The van der Waals surface area contributed by atoms with Crippen molar-refractivity contribution in [3.63, 3.8) is 0 Å². The summed E-state index contributed by atoms with van der Waals surface area (Å²) in [7, 11) is 0. The zero-order valence-corrected chi connectivity index (χ0v) is 12.4. The molecule has 1 aliphatic heterocycles. The average Bonchev–Trinajstić information content (AvgIpc) is 2.43. The van der Waals surface area contributed by atoms with Crippen molar-refractivity contribution in [3.8, 4) is 0 Å². The predicted octanol–water partition coefficient (Wildman–Crippen LogP) is 2.40. The second-order valence-electron chi connectivity index (χ2n) is 5.10. The molecule has 106 valence electrons. The van der Waals surface area contributed by atoms with Crippen LogP contribution in [0.5, 0.6) is 0 Å². The number of halogens is 1. The van der Waals surface area contributed by atoms with Crippen LogP contribution in [0.15, 0.2) is 24.3 Å².